The van der Waals surface area contributed by atoms with Gasteiger partial charge >= 0.3 is 5.97 Å². The zero-order valence-electron chi connectivity index (χ0n) is 27.5. The Bertz CT molecular complexity index is 1570. The van der Waals surface area contributed by atoms with Crippen LogP contribution in [-0.4, -0.2) is 47.0 Å². The van der Waals surface area contributed by atoms with Crippen LogP contribution in [0.4, 0.5) is 5.69 Å². The molecule has 240 valence electrons. The Kier molecular flexibility index (Phi) is 7.86. The number of nitrogen functional groups attached to an aromatic ring is 1. The molecule has 1 aromatic heterocycles. The van der Waals surface area contributed by atoms with Gasteiger partial charge in [-0.1, -0.05) is 19.9 Å². The van der Waals surface area contributed by atoms with Crippen molar-refractivity contribution in [1.82, 2.24) is 15.1 Å². The fraction of sp³-hybridized carbons (Fsp3) is 0.528. The molecule has 4 saturated carbocycles. The average Bonchev–Trinajstić information content (AvgIpc) is 3.42. The van der Waals surface area contributed by atoms with E-state index in [0.717, 1.165) is 36.9 Å². The van der Waals surface area contributed by atoms with Crippen molar-refractivity contribution >= 4 is 17.6 Å². The van der Waals surface area contributed by atoms with Crippen molar-refractivity contribution in [3.63, 3.8) is 0 Å². The van der Waals surface area contributed by atoms with Gasteiger partial charge in [-0.3, -0.25) is 4.79 Å². The summed E-state index contributed by atoms with van der Waals surface area (Å²) in [5.41, 5.74) is 8.33. The summed E-state index contributed by atoms with van der Waals surface area (Å²) in [4.78, 5) is 28.6. The molecule has 4 aliphatic rings. The standard InChI is InChI=1S/C36H46N4O5/c1-20(2)26-18-25(37)11-12-28(26)40-29(32-30(43-6)9-8-10-31(32)44-7)19-27(39-40)33(41)38-36(34(42)45-35(3,4)5)23-14-21-13-22(16-23)17-24(36)15-21/h8-12,18-24H,13-17,37H2,1-7H3,(H,38,41). The number of hydrogen-bond acceptors (Lipinski definition) is 7. The van der Waals surface area contributed by atoms with Crippen LogP contribution in [-0.2, 0) is 9.53 Å². The molecule has 0 atom stereocenters. The zero-order valence-corrected chi connectivity index (χ0v) is 27.5. The summed E-state index contributed by atoms with van der Waals surface area (Å²) in [7, 11) is 3.21. The number of carbonyl (C=O) groups is 2. The number of carbonyl (C=O) groups excluding carboxylic acids is 2. The lowest BCUT2D eigenvalue weighted by Gasteiger charge is -2.59. The van der Waals surface area contributed by atoms with E-state index < -0.39 is 17.0 Å². The second-order valence-electron chi connectivity index (χ2n) is 14.5. The molecule has 1 amide bonds. The van der Waals surface area contributed by atoms with E-state index >= 15 is 0 Å². The molecule has 4 aliphatic carbocycles. The molecule has 4 bridgehead atoms. The summed E-state index contributed by atoms with van der Waals surface area (Å²) < 4.78 is 19.4. The smallest absolute Gasteiger partial charge is 0.332 e. The second kappa shape index (κ2) is 11.4. The first-order valence-corrected chi connectivity index (χ1v) is 16.1. The Morgan fingerprint density at radius 3 is 2.09 bits per heavy atom. The van der Waals surface area contributed by atoms with E-state index in [4.69, 9.17) is 25.0 Å². The highest BCUT2D eigenvalue weighted by Gasteiger charge is 2.63. The van der Waals surface area contributed by atoms with E-state index in [1.54, 1.807) is 25.0 Å². The number of ether oxygens (including phenoxy) is 3. The Labute approximate surface area is 265 Å². The van der Waals surface area contributed by atoms with Crippen molar-refractivity contribution in [2.24, 2.45) is 23.7 Å². The molecule has 0 radical (unpaired) electrons. The summed E-state index contributed by atoms with van der Waals surface area (Å²) in [6.45, 7) is 9.82. The van der Waals surface area contributed by atoms with E-state index in [1.165, 1.54) is 6.42 Å². The molecule has 0 aliphatic heterocycles. The van der Waals surface area contributed by atoms with Crippen molar-refractivity contribution in [3.8, 4) is 28.4 Å². The molecule has 9 heteroatoms. The lowest BCUT2D eigenvalue weighted by Crippen LogP contribution is -2.71. The number of aromatic nitrogens is 2. The highest BCUT2D eigenvalue weighted by atomic mass is 16.6. The third-order valence-electron chi connectivity index (χ3n) is 10.0. The van der Waals surface area contributed by atoms with Crippen LogP contribution in [0.25, 0.3) is 16.9 Å². The van der Waals surface area contributed by atoms with Crippen molar-refractivity contribution < 1.29 is 23.8 Å². The first kappa shape index (κ1) is 31.0. The Morgan fingerprint density at radius 2 is 1.56 bits per heavy atom. The first-order valence-electron chi connectivity index (χ1n) is 16.1. The number of esters is 1. The molecule has 0 unspecified atom stereocenters. The highest BCUT2D eigenvalue weighted by Crippen LogP contribution is 2.59. The van der Waals surface area contributed by atoms with Gasteiger partial charge in [0.2, 0.25) is 0 Å². The van der Waals surface area contributed by atoms with E-state index in [-0.39, 0.29) is 29.4 Å². The lowest BCUT2D eigenvalue weighted by molar-refractivity contribution is -0.180. The number of amides is 1. The molecular formula is C36H46N4O5. The van der Waals surface area contributed by atoms with Crippen LogP contribution in [0, 0.1) is 23.7 Å². The summed E-state index contributed by atoms with van der Waals surface area (Å²) >= 11 is 0. The molecule has 7 rings (SSSR count). The van der Waals surface area contributed by atoms with Crippen molar-refractivity contribution in [2.45, 2.75) is 83.8 Å². The minimum Gasteiger partial charge on any atom is -0.496 e. The summed E-state index contributed by atoms with van der Waals surface area (Å²) in [5.74, 6) is 1.83. The lowest BCUT2D eigenvalue weighted by atomic mass is 9.48. The largest absolute Gasteiger partial charge is 0.496 e. The van der Waals surface area contributed by atoms with E-state index in [9.17, 15) is 9.59 Å². The van der Waals surface area contributed by atoms with Gasteiger partial charge in [0.05, 0.1) is 31.2 Å². The van der Waals surface area contributed by atoms with Crippen LogP contribution in [0.2, 0.25) is 0 Å². The third kappa shape index (κ3) is 5.44. The molecular weight excluding hydrogens is 568 g/mol. The Balaban J connectivity index is 1.49. The maximum atomic E-state index is 14.4. The van der Waals surface area contributed by atoms with Crippen molar-refractivity contribution in [1.29, 1.82) is 0 Å². The third-order valence-corrected chi connectivity index (χ3v) is 10.0. The van der Waals surface area contributed by atoms with Gasteiger partial charge < -0.3 is 25.3 Å². The Hall–Kier alpha value is -4.01. The van der Waals surface area contributed by atoms with Gasteiger partial charge in [-0.25, -0.2) is 9.48 Å². The number of nitrogens with zero attached hydrogens (tertiary/aromatic N) is 2. The van der Waals surface area contributed by atoms with E-state index in [2.05, 4.69) is 19.2 Å². The maximum Gasteiger partial charge on any atom is 0.332 e. The molecule has 1 heterocycles. The molecule has 3 aromatic rings. The SMILES string of the molecule is COc1cccc(OC)c1-c1cc(C(=O)NC2(C(=O)OC(C)(C)C)C3CC4CC(C3)CC2C4)nn1-c1ccc(N)cc1C(C)C. The molecule has 2 aromatic carbocycles. The van der Waals surface area contributed by atoms with Gasteiger partial charge in [0.15, 0.2) is 5.69 Å². The normalized spacial score (nSPS) is 25.3. The minimum atomic E-state index is -1.09. The van der Waals surface area contributed by atoms with Crippen LogP contribution in [0.1, 0.15) is 88.7 Å². The number of benzene rings is 2. The number of nitrogens with two attached hydrogens (primary N) is 1. The fourth-order valence-electron chi connectivity index (χ4n) is 8.32. The predicted molar refractivity (Wildman–Crippen MR) is 174 cm³/mol. The first-order chi connectivity index (χ1) is 21.3. The molecule has 0 spiro atoms. The minimum absolute atomic E-state index is 0.0352. The number of nitrogens with one attached hydrogen (secondary N) is 1. The van der Waals surface area contributed by atoms with Gasteiger partial charge in [0.25, 0.3) is 5.91 Å². The van der Waals surface area contributed by atoms with Gasteiger partial charge in [-0.05, 0) is 124 Å². The van der Waals surface area contributed by atoms with Gasteiger partial charge in [-0.2, -0.15) is 5.10 Å². The highest BCUT2D eigenvalue weighted by molar-refractivity contribution is 5.98. The topological polar surface area (TPSA) is 118 Å². The number of anilines is 1. The number of hydrogen-bond donors (Lipinski definition) is 2. The van der Waals surface area contributed by atoms with Gasteiger partial charge in [0, 0.05) is 5.69 Å². The zero-order chi connectivity index (χ0) is 32.3. The summed E-state index contributed by atoms with van der Waals surface area (Å²) in [6.07, 6.45) is 4.92. The molecule has 9 nitrogen and oxygen atoms in total. The van der Waals surface area contributed by atoms with Crippen LogP contribution >= 0.6 is 0 Å². The van der Waals surface area contributed by atoms with Gasteiger partial charge in [-0.15, -0.1) is 0 Å². The monoisotopic (exact) mass is 614 g/mol. The van der Waals surface area contributed by atoms with Crippen LogP contribution in [0.3, 0.4) is 0 Å². The average molecular weight is 615 g/mol. The maximum absolute atomic E-state index is 14.4. The Morgan fingerprint density at radius 1 is 0.956 bits per heavy atom. The van der Waals surface area contributed by atoms with Crippen molar-refractivity contribution in [3.05, 3.63) is 53.7 Å². The van der Waals surface area contributed by atoms with Crippen LogP contribution < -0.4 is 20.5 Å². The molecule has 45 heavy (non-hydrogen) atoms. The summed E-state index contributed by atoms with van der Waals surface area (Å²) in [6, 6.07) is 13.0. The van der Waals surface area contributed by atoms with E-state index in [0.29, 0.717) is 40.3 Å². The fourth-order valence-corrected chi connectivity index (χ4v) is 8.32. The summed E-state index contributed by atoms with van der Waals surface area (Å²) in [5, 5.41) is 8.22. The molecule has 0 saturated heterocycles. The molecule has 4 fully saturated rings. The number of rotatable bonds is 8. The second-order valence-corrected chi connectivity index (χ2v) is 14.5. The predicted octanol–water partition coefficient (Wildman–Crippen LogP) is 6.53. The van der Waals surface area contributed by atoms with E-state index in [1.807, 2.05) is 57.2 Å². The molecule has 3 N–H and O–H groups in total. The van der Waals surface area contributed by atoms with Crippen molar-refractivity contribution in [2.75, 3.05) is 20.0 Å². The quantitative estimate of drug-likeness (QED) is 0.219. The number of methoxy groups -OCH3 is 2. The van der Waals surface area contributed by atoms with Crippen LogP contribution in [0.5, 0.6) is 11.5 Å². The van der Waals surface area contributed by atoms with Gasteiger partial charge in [0.1, 0.15) is 22.6 Å². The van der Waals surface area contributed by atoms with Crippen LogP contribution in [0.15, 0.2) is 42.5 Å².